The van der Waals surface area contributed by atoms with Crippen LogP contribution in [0, 0.1) is 0 Å². The van der Waals surface area contributed by atoms with Crippen LogP contribution in [0.2, 0.25) is 0 Å². The van der Waals surface area contributed by atoms with Gasteiger partial charge in [0.25, 0.3) is 10.0 Å². The van der Waals surface area contributed by atoms with Crippen molar-refractivity contribution in [3.63, 3.8) is 0 Å². The van der Waals surface area contributed by atoms with E-state index >= 15 is 0 Å². The number of hydrogen-bond donors (Lipinski definition) is 0. The number of rotatable bonds is 5. The Hall–Kier alpha value is -2.41. The first-order valence-electron chi connectivity index (χ1n) is 7.62. The van der Waals surface area contributed by atoms with Crippen molar-refractivity contribution >= 4 is 15.7 Å². The third-order valence-electron chi connectivity index (χ3n) is 3.75. The lowest BCUT2D eigenvalue weighted by atomic mass is 10.3. The van der Waals surface area contributed by atoms with Gasteiger partial charge in [-0.2, -0.15) is 0 Å². The molecule has 24 heavy (non-hydrogen) atoms. The van der Waals surface area contributed by atoms with Gasteiger partial charge in [-0.1, -0.05) is 0 Å². The maximum absolute atomic E-state index is 13.0. The monoisotopic (exact) mass is 349 g/mol. The number of hydrogen-bond acceptors (Lipinski definition) is 5. The third-order valence-corrected chi connectivity index (χ3v) is 5.65. The number of fused-ring (bicyclic) bond motifs is 1. The van der Waals surface area contributed by atoms with E-state index in [-0.39, 0.29) is 4.90 Å². The number of benzene rings is 2. The number of nitrogens with zero attached hydrogens (tertiary/aromatic N) is 1. The summed E-state index contributed by atoms with van der Waals surface area (Å²) in [4.78, 5) is 0.171. The van der Waals surface area contributed by atoms with Crippen LogP contribution in [0.1, 0.15) is 6.92 Å². The van der Waals surface area contributed by atoms with E-state index < -0.39 is 10.0 Å². The first-order chi connectivity index (χ1) is 11.6. The van der Waals surface area contributed by atoms with Gasteiger partial charge in [0.1, 0.15) is 19.0 Å². The molecule has 128 valence electrons. The molecular weight excluding hydrogens is 330 g/mol. The maximum Gasteiger partial charge on any atom is 0.264 e. The summed E-state index contributed by atoms with van der Waals surface area (Å²) in [6.07, 6.45) is 0. The molecule has 2 aromatic carbocycles. The van der Waals surface area contributed by atoms with Crippen molar-refractivity contribution in [1.29, 1.82) is 0 Å². The summed E-state index contributed by atoms with van der Waals surface area (Å²) in [7, 11) is -2.13. The fraction of sp³-hybridized carbons (Fsp3) is 0.294. The van der Waals surface area contributed by atoms with Gasteiger partial charge in [-0.25, -0.2) is 8.42 Å². The highest BCUT2D eigenvalue weighted by molar-refractivity contribution is 7.92. The largest absolute Gasteiger partial charge is 0.497 e. The van der Waals surface area contributed by atoms with Crippen molar-refractivity contribution in [2.24, 2.45) is 0 Å². The minimum atomic E-state index is -3.70. The van der Waals surface area contributed by atoms with E-state index in [0.29, 0.717) is 42.7 Å². The Kier molecular flexibility index (Phi) is 4.53. The van der Waals surface area contributed by atoms with E-state index in [4.69, 9.17) is 14.2 Å². The maximum atomic E-state index is 13.0. The molecule has 2 aromatic rings. The first kappa shape index (κ1) is 16.4. The molecule has 0 aliphatic carbocycles. The summed E-state index contributed by atoms with van der Waals surface area (Å²) in [5.41, 5.74) is 0.577. The van der Waals surface area contributed by atoms with Gasteiger partial charge in [0.2, 0.25) is 0 Å². The zero-order valence-electron chi connectivity index (χ0n) is 13.6. The molecular formula is C17H19NO5S. The summed E-state index contributed by atoms with van der Waals surface area (Å²) in [5.74, 6) is 1.69. The Morgan fingerprint density at radius 2 is 1.71 bits per heavy atom. The van der Waals surface area contributed by atoms with Gasteiger partial charge in [0.15, 0.2) is 11.5 Å². The number of methoxy groups -OCH3 is 1. The fourth-order valence-corrected chi connectivity index (χ4v) is 4.04. The third kappa shape index (κ3) is 2.99. The predicted octanol–water partition coefficient (Wildman–Crippen LogP) is 2.68. The Bertz CT molecular complexity index is 817. The average molecular weight is 349 g/mol. The summed E-state index contributed by atoms with van der Waals surface area (Å²) in [6, 6.07) is 11.6. The van der Waals surface area contributed by atoms with Crippen LogP contribution in [0.15, 0.2) is 47.4 Å². The van der Waals surface area contributed by atoms with E-state index in [1.165, 1.54) is 16.4 Å². The zero-order valence-corrected chi connectivity index (χ0v) is 14.4. The Labute approximate surface area is 141 Å². The van der Waals surface area contributed by atoms with Gasteiger partial charge in [0.05, 0.1) is 17.7 Å². The highest BCUT2D eigenvalue weighted by Gasteiger charge is 2.25. The van der Waals surface area contributed by atoms with Crippen molar-refractivity contribution < 1.29 is 22.6 Å². The molecule has 0 saturated heterocycles. The van der Waals surface area contributed by atoms with E-state index in [0.717, 1.165) is 0 Å². The molecule has 1 aliphatic rings. The minimum absolute atomic E-state index is 0.171. The van der Waals surface area contributed by atoms with Crippen LogP contribution in [0.5, 0.6) is 17.2 Å². The minimum Gasteiger partial charge on any atom is -0.497 e. The van der Waals surface area contributed by atoms with Crippen LogP contribution in [-0.4, -0.2) is 35.3 Å². The lowest BCUT2D eigenvalue weighted by Crippen LogP contribution is -2.30. The highest BCUT2D eigenvalue weighted by atomic mass is 32.2. The summed E-state index contributed by atoms with van der Waals surface area (Å²) >= 11 is 0. The van der Waals surface area contributed by atoms with E-state index in [1.54, 1.807) is 44.4 Å². The van der Waals surface area contributed by atoms with Gasteiger partial charge >= 0.3 is 0 Å². The number of ether oxygens (including phenoxy) is 3. The smallest absolute Gasteiger partial charge is 0.264 e. The van der Waals surface area contributed by atoms with Crippen LogP contribution < -0.4 is 18.5 Å². The van der Waals surface area contributed by atoms with Crippen LogP contribution in [0.3, 0.4) is 0 Å². The Balaban J connectivity index is 1.97. The molecule has 0 saturated carbocycles. The predicted molar refractivity (Wildman–Crippen MR) is 90.6 cm³/mol. The van der Waals surface area contributed by atoms with Gasteiger partial charge in [-0.3, -0.25) is 4.31 Å². The van der Waals surface area contributed by atoms with Gasteiger partial charge in [-0.05, 0) is 43.3 Å². The molecule has 6 nitrogen and oxygen atoms in total. The molecule has 0 radical (unpaired) electrons. The van der Waals surface area contributed by atoms with Crippen molar-refractivity contribution in [3.8, 4) is 17.2 Å². The van der Waals surface area contributed by atoms with Crippen LogP contribution in [0.4, 0.5) is 5.69 Å². The van der Waals surface area contributed by atoms with E-state index in [1.807, 2.05) is 0 Å². The quantitative estimate of drug-likeness (QED) is 0.830. The first-order valence-corrected chi connectivity index (χ1v) is 9.06. The standard InChI is InChI=1S/C17H19NO5S/c1-3-18(13-4-6-14(21-2)7-5-13)24(19,20)15-8-9-16-17(12-15)23-11-10-22-16/h4-9,12H,3,10-11H2,1-2H3. The molecule has 0 fully saturated rings. The topological polar surface area (TPSA) is 65.1 Å². The van der Waals surface area contributed by atoms with Crippen molar-refractivity contribution in [3.05, 3.63) is 42.5 Å². The molecule has 1 heterocycles. The van der Waals surface area contributed by atoms with Gasteiger partial charge in [0, 0.05) is 12.6 Å². The van der Waals surface area contributed by atoms with Crippen molar-refractivity contribution in [2.45, 2.75) is 11.8 Å². The molecule has 0 unspecified atom stereocenters. The summed E-state index contributed by atoms with van der Waals surface area (Å²) < 4.78 is 43.4. The average Bonchev–Trinajstić information content (AvgIpc) is 2.62. The lowest BCUT2D eigenvalue weighted by Gasteiger charge is -2.24. The zero-order chi connectivity index (χ0) is 17.2. The molecule has 3 rings (SSSR count). The second kappa shape index (κ2) is 6.60. The summed E-state index contributed by atoms with van der Waals surface area (Å²) in [5, 5.41) is 0. The van der Waals surface area contributed by atoms with Crippen LogP contribution in [-0.2, 0) is 10.0 Å². The SMILES string of the molecule is CCN(c1ccc(OC)cc1)S(=O)(=O)c1ccc2c(c1)OCCO2. The fourth-order valence-electron chi connectivity index (χ4n) is 2.55. The molecule has 0 spiro atoms. The molecule has 0 amide bonds. The second-order valence-corrected chi connectivity index (χ2v) is 7.04. The highest BCUT2D eigenvalue weighted by Crippen LogP contribution is 2.34. The van der Waals surface area contributed by atoms with Crippen LogP contribution in [0.25, 0.3) is 0 Å². The lowest BCUT2D eigenvalue weighted by molar-refractivity contribution is 0.171. The molecule has 0 bridgehead atoms. The molecule has 0 aromatic heterocycles. The Morgan fingerprint density at radius 1 is 1.04 bits per heavy atom. The van der Waals surface area contributed by atoms with E-state index in [2.05, 4.69) is 0 Å². The second-order valence-electron chi connectivity index (χ2n) is 5.17. The number of sulfonamides is 1. The van der Waals surface area contributed by atoms with Crippen molar-refractivity contribution in [2.75, 3.05) is 31.2 Å². The molecule has 7 heteroatoms. The molecule has 0 atom stereocenters. The van der Waals surface area contributed by atoms with Crippen LogP contribution >= 0.6 is 0 Å². The Morgan fingerprint density at radius 3 is 2.33 bits per heavy atom. The van der Waals surface area contributed by atoms with Gasteiger partial charge < -0.3 is 14.2 Å². The normalized spacial score (nSPS) is 13.4. The summed E-state index contributed by atoms with van der Waals surface area (Å²) in [6.45, 7) is 2.97. The van der Waals surface area contributed by atoms with E-state index in [9.17, 15) is 8.42 Å². The molecule has 1 aliphatic heterocycles. The van der Waals surface area contributed by atoms with Crippen molar-refractivity contribution in [1.82, 2.24) is 0 Å². The van der Waals surface area contributed by atoms with Gasteiger partial charge in [-0.15, -0.1) is 0 Å². The molecule has 0 N–H and O–H groups in total. The number of anilines is 1.